The highest BCUT2D eigenvalue weighted by atomic mass is 16.6. The van der Waals surface area contributed by atoms with E-state index in [4.69, 9.17) is 14.2 Å². The second-order valence-electron chi connectivity index (χ2n) is 8.81. The zero-order valence-electron chi connectivity index (χ0n) is 18.8. The van der Waals surface area contributed by atoms with Crippen molar-refractivity contribution in [1.29, 1.82) is 0 Å². The van der Waals surface area contributed by atoms with E-state index >= 15 is 0 Å². The van der Waals surface area contributed by atoms with E-state index in [0.717, 1.165) is 0 Å². The van der Waals surface area contributed by atoms with Gasteiger partial charge in [0.1, 0.15) is 19.0 Å². The zero-order chi connectivity index (χ0) is 23.0. The Labute approximate surface area is 178 Å². The maximum Gasteiger partial charge on any atom is 0.311 e. The van der Waals surface area contributed by atoms with E-state index in [1.807, 2.05) is 37.3 Å². The van der Waals surface area contributed by atoms with Gasteiger partial charge in [-0.3, -0.25) is 14.4 Å². The Balaban J connectivity index is 2.86. The topological polar surface area (TPSA) is 99.1 Å². The fraction of sp³-hybridized carbons (Fsp3) is 0.609. The normalized spacial score (nSPS) is 15.4. The van der Waals surface area contributed by atoms with Crippen LogP contribution >= 0.6 is 0 Å². The minimum atomic E-state index is -1.17. The molecule has 0 heterocycles. The average Bonchev–Trinajstić information content (AvgIpc) is 2.70. The monoisotopic (exact) mass is 422 g/mol. The SMILES string of the molecule is CCC(C)(CC(C)(CC(C)(C)C(=O)O)C(=O)OC)C(=O)OCCOc1ccccc1. The lowest BCUT2D eigenvalue weighted by atomic mass is 9.65. The molecular weight excluding hydrogens is 388 g/mol. The number of para-hydroxylation sites is 1. The van der Waals surface area contributed by atoms with Gasteiger partial charge in [0.15, 0.2) is 0 Å². The molecule has 168 valence electrons. The molecule has 0 radical (unpaired) electrons. The number of hydrogen-bond acceptors (Lipinski definition) is 6. The highest BCUT2D eigenvalue weighted by Crippen LogP contribution is 2.45. The molecule has 2 unspecified atom stereocenters. The Morgan fingerprint density at radius 2 is 1.50 bits per heavy atom. The van der Waals surface area contributed by atoms with Crippen LogP contribution in [-0.2, 0) is 23.9 Å². The Morgan fingerprint density at radius 3 is 2.00 bits per heavy atom. The first-order chi connectivity index (χ1) is 13.9. The van der Waals surface area contributed by atoms with Crippen molar-refractivity contribution in [3.63, 3.8) is 0 Å². The first-order valence-corrected chi connectivity index (χ1v) is 10.1. The third kappa shape index (κ3) is 6.75. The molecular formula is C23H34O7. The highest BCUT2D eigenvalue weighted by molar-refractivity contribution is 5.82. The van der Waals surface area contributed by atoms with Crippen LogP contribution in [0.3, 0.4) is 0 Å². The summed E-state index contributed by atoms with van der Waals surface area (Å²) in [5.41, 5.74) is -3.31. The van der Waals surface area contributed by atoms with Gasteiger partial charge in [-0.25, -0.2) is 0 Å². The van der Waals surface area contributed by atoms with Crippen LogP contribution < -0.4 is 4.74 Å². The number of hydrogen-bond donors (Lipinski definition) is 1. The minimum Gasteiger partial charge on any atom is -0.490 e. The molecule has 1 aromatic carbocycles. The summed E-state index contributed by atoms with van der Waals surface area (Å²) >= 11 is 0. The minimum absolute atomic E-state index is 0.0298. The van der Waals surface area contributed by atoms with Gasteiger partial charge < -0.3 is 19.3 Å². The van der Waals surface area contributed by atoms with Crippen LogP contribution in [0.5, 0.6) is 5.75 Å². The van der Waals surface area contributed by atoms with Crippen molar-refractivity contribution >= 4 is 17.9 Å². The Morgan fingerprint density at radius 1 is 0.900 bits per heavy atom. The predicted molar refractivity (Wildman–Crippen MR) is 112 cm³/mol. The van der Waals surface area contributed by atoms with Crippen LogP contribution in [0.25, 0.3) is 0 Å². The molecule has 1 aromatic rings. The van der Waals surface area contributed by atoms with E-state index in [-0.39, 0.29) is 26.1 Å². The van der Waals surface area contributed by atoms with Crippen LogP contribution in [-0.4, -0.2) is 43.3 Å². The molecule has 1 N–H and O–H groups in total. The molecule has 0 aliphatic heterocycles. The van der Waals surface area contributed by atoms with Gasteiger partial charge in [0.2, 0.25) is 0 Å². The molecule has 0 fully saturated rings. The number of methoxy groups -OCH3 is 1. The first-order valence-electron chi connectivity index (χ1n) is 10.1. The molecule has 0 aliphatic carbocycles. The molecule has 2 atom stereocenters. The smallest absolute Gasteiger partial charge is 0.311 e. The quantitative estimate of drug-likeness (QED) is 0.400. The number of carboxylic acid groups (broad SMARTS) is 1. The van der Waals surface area contributed by atoms with Crippen LogP contribution in [0.2, 0.25) is 0 Å². The molecule has 0 aliphatic rings. The van der Waals surface area contributed by atoms with Crippen molar-refractivity contribution in [3.8, 4) is 5.75 Å². The van der Waals surface area contributed by atoms with Crippen molar-refractivity contribution in [3.05, 3.63) is 30.3 Å². The largest absolute Gasteiger partial charge is 0.490 e. The number of rotatable bonds is 12. The van der Waals surface area contributed by atoms with Crippen LogP contribution in [0.4, 0.5) is 0 Å². The fourth-order valence-electron chi connectivity index (χ4n) is 3.69. The summed E-state index contributed by atoms with van der Waals surface area (Å²) in [5, 5.41) is 9.50. The maximum absolute atomic E-state index is 12.8. The maximum atomic E-state index is 12.8. The third-order valence-electron chi connectivity index (χ3n) is 5.47. The molecule has 0 aromatic heterocycles. The standard InChI is InChI=1S/C23H34O7/c1-7-22(4,20(27)30-14-13-29-17-11-9-8-10-12-17)16-23(5,19(26)28-6)15-21(2,3)18(24)25/h8-12H,7,13-16H2,1-6H3,(H,24,25). The molecule has 7 heteroatoms. The van der Waals surface area contributed by atoms with Gasteiger partial charge in [-0.15, -0.1) is 0 Å². The van der Waals surface area contributed by atoms with Crippen LogP contribution in [0.1, 0.15) is 53.9 Å². The lowest BCUT2D eigenvalue weighted by molar-refractivity contribution is -0.166. The van der Waals surface area contributed by atoms with Crippen LogP contribution in [0.15, 0.2) is 30.3 Å². The molecule has 0 saturated heterocycles. The number of carboxylic acids is 1. The zero-order valence-corrected chi connectivity index (χ0v) is 18.8. The number of esters is 2. The Bertz CT molecular complexity index is 728. The number of aliphatic carboxylic acids is 1. The summed E-state index contributed by atoms with van der Waals surface area (Å²) < 4.78 is 15.9. The van der Waals surface area contributed by atoms with Crippen molar-refractivity contribution in [2.45, 2.75) is 53.9 Å². The average molecular weight is 423 g/mol. The number of carbonyl (C=O) groups excluding carboxylic acids is 2. The first kappa shape index (κ1) is 25.5. The van der Waals surface area contributed by atoms with Gasteiger partial charge in [-0.1, -0.05) is 25.1 Å². The molecule has 0 spiro atoms. The van der Waals surface area contributed by atoms with Gasteiger partial charge in [0.25, 0.3) is 0 Å². The summed E-state index contributed by atoms with van der Waals surface area (Å²) in [6.45, 7) is 8.58. The Hall–Kier alpha value is -2.57. The number of benzene rings is 1. The van der Waals surface area contributed by atoms with Crippen LogP contribution in [0, 0.1) is 16.2 Å². The van der Waals surface area contributed by atoms with Gasteiger partial charge in [0, 0.05) is 0 Å². The second kappa shape index (κ2) is 10.5. The second-order valence-corrected chi connectivity index (χ2v) is 8.81. The summed E-state index contributed by atoms with van der Waals surface area (Å²) in [5.74, 6) is -1.33. The lowest BCUT2D eigenvalue weighted by Crippen LogP contribution is -2.43. The van der Waals surface area contributed by atoms with E-state index in [1.165, 1.54) is 7.11 Å². The number of ether oxygens (including phenoxy) is 3. The summed E-state index contributed by atoms with van der Waals surface area (Å²) in [7, 11) is 1.26. The Kier molecular flexibility index (Phi) is 8.88. The molecule has 1 rings (SSSR count). The lowest BCUT2D eigenvalue weighted by Gasteiger charge is -2.38. The third-order valence-corrected chi connectivity index (χ3v) is 5.47. The molecule has 0 saturated carbocycles. The summed E-state index contributed by atoms with van der Waals surface area (Å²) in [4.78, 5) is 37.0. The van der Waals surface area contributed by atoms with Crippen molar-refractivity contribution in [2.75, 3.05) is 20.3 Å². The van der Waals surface area contributed by atoms with E-state index < -0.39 is 34.2 Å². The summed E-state index contributed by atoms with van der Waals surface area (Å²) in [6.07, 6.45) is 0.561. The van der Waals surface area contributed by atoms with Crippen molar-refractivity contribution < 1.29 is 33.7 Å². The van der Waals surface area contributed by atoms with Gasteiger partial charge in [0.05, 0.1) is 23.4 Å². The van der Waals surface area contributed by atoms with Crippen molar-refractivity contribution in [1.82, 2.24) is 0 Å². The highest BCUT2D eigenvalue weighted by Gasteiger charge is 2.49. The van der Waals surface area contributed by atoms with Gasteiger partial charge in [-0.2, -0.15) is 0 Å². The fourth-order valence-corrected chi connectivity index (χ4v) is 3.69. The predicted octanol–water partition coefficient (Wildman–Crippen LogP) is 4.10. The molecule has 0 bridgehead atoms. The van der Waals surface area contributed by atoms with E-state index in [2.05, 4.69) is 0 Å². The van der Waals surface area contributed by atoms with E-state index in [1.54, 1.807) is 27.7 Å². The summed E-state index contributed by atoms with van der Waals surface area (Å²) in [6, 6.07) is 9.20. The molecule has 0 amide bonds. The van der Waals surface area contributed by atoms with Crippen molar-refractivity contribution in [2.24, 2.45) is 16.2 Å². The number of carbonyl (C=O) groups is 3. The van der Waals surface area contributed by atoms with E-state index in [0.29, 0.717) is 12.2 Å². The molecule has 30 heavy (non-hydrogen) atoms. The van der Waals surface area contributed by atoms with Gasteiger partial charge in [-0.05, 0) is 59.1 Å². The van der Waals surface area contributed by atoms with E-state index in [9.17, 15) is 19.5 Å². The van der Waals surface area contributed by atoms with Gasteiger partial charge >= 0.3 is 17.9 Å². The molecule has 7 nitrogen and oxygen atoms in total.